The molecule has 0 aromatic carbocycles. The van der Waals surface area contributed by atoms with Gasteiger partial charge in [-0.1, -0.05) is 0 Å². The van der Waals surface area contributed by atoms with Gasteiger partial charge in [0.25, 0.3) is 5.56 Å². The topological polar surface area (TPSA) is 91.0 Å². The molecule has 0 aliphatic carbocycles. The summed E-state index contributed by atoms with van der Waals surface area (Å²) in [6.07, 6.45) is 6.71. The van der Waals surface area contributed by atoms with E-state index in [9.17, 15) is 9.59 Å². The zero-order chi connectivity index (χ0) is 15.4. The second-order valence-electron chi connectivity index (χ2n) is 5.12. The van der Waals surface area contributed by atoms with Crippen LogP contribution in [0.2, 0.25) is 0 Å². The van der Waals surface area contributed by atoms with E-state index in [-0.39, 0.29) is 18.0 Å². The monoisotopic (exact) mass is 303 g/mol. The van der Waals surface area contributed by atoms with Crippen molar-refractivity contribution in [3.8, 4) is 0 Å². The average Bonchev–Trinajstić information content (AvgIpc) is 2.99. The Morgan fingerprint density at radius 2 is 2.18 bits per heavy atom. The lowest BCUT2D eigenvalue weighted by atomic mass is 10.1. The van der Waals surface area contributed by atoms with E-state index in [2.05, 4.69) is 15.5 Å². The second-order valence-corrected chi connectivity index (χ2v) is 5.12. The Balaban J connectivity index is 1.61. The largest absolute Gasteiger partial charge is 0.381 e. The Hall–Kier alpha value is -2.48. The maximum absolute atomic E-state index is 12.0. The van der Waals surface area contributed by atoms with Gasteiger partial charge in [-0.05, 0) is 18.9 Å². The minimum absolute atomic E-state index is 0.123. The highest BCUT2D eigenvalue weighted by molar-refractivity contribution is 5.90. The van der Waals surface area contributed by atoms with Crippen molar-refractivity contribution in [2.75, 3.05) is 18.5 Å². The van der Waals surface area contributed by atoms with Crippen molar-refractivity contribution in [3.63, 3.8) is 0 Å². The van der Waals surface area contributed by atoms with E-state index < -0.39 is 0 Å². The number of ether oxygens (including phenoxy) is 1. The fourth-order valence-electron chi connectivity index (χ4n) is 2.39. The Morgan fingerprint density at radius 1 is 1.36 bits per heavy atom. The lowest BCUT2D eigenvalue weighted by Crippen LogP contribution is -2.28. The summed E-state index contributed by atoms with van der Waals surface area (Å²) in [5.74, 6) is -0.313. The molecule has 3 rings (SSSR count). The quantitative estimate of drug-likeness (QED) is 0.884. The first kappa shape index (κ1) is 14.5. The summed E-state index contributed by atoms with van der Waals surface area (Å²) in [6.45, 7) is 1.34. The summed E-state index contributed by atoms with van der Waals surface area (Å²) < 4.78 is 8.28. The molecular weight excluding hydrogens is 286 g/mol. The van der Waals surface area contributed by atoms with Gasteiger partial charge in [0.15, 0.2) is 0 Å². The molecule has 1 aliphatic heterocycles. The van der Waals surface area contributed by atoms with E-state index in [1.807, 2.05) is 4.68 Å². The van der Waals surface area contributed by atoms with Gasteiger partial charge >= 0.3 is 0 Å². The zero-order valence-corrected chi connectivity index (χ0v) is 12.0. The van der Waals surface area contributed by atoms with Gasteiger partial charge in [-0.25, -0.2) is 4.68 Å². The third kappa shape index (κ3) is 3.40. The van der Waals surface area contributed by atoms with Gasteiger partial charge in [-0.15, -0.1) is 0 Å². The molecule has 0 unspecified atom stereocenters. The molecule has 0 saturated carbocycles. The van der Waals surface area contributed by atoms with E-state index in [0.29, 0.717) is 11.7 Å². The number of hydrogen-bond donors (Lipinski definition) is 1. The molecule has 2 aromatic heterocycles. The van der Waals surface area contributed by atoms with Crippen molar-refractivity contribution < 1.29 is 9.53 Å². The average molecular weight is 303 g/mol. The fourth-order valence-corrected chi connectivity index (χ4v) is 2.39. The number of amides is 1. The van der Waals surface area contributed by atoms with Gasteiger partial charge < -0.3 is 10.1 Å². The highest BCUT2D eigenvalue weighted by atomic mass is 16.5. The third-order valence-corrected chi connectivity index (χ3v) is 3.53. The van der Waals surface area contributed by atoms with Gasteiger partial charge in [-0.3, -0.25) is 14.3 Å². The van der Waals surface area contributed by atoms with Crippen LogP contribution in [-0.2, 0) is 16.1 Å². The normalized spacial score (nSPS) is 15.6. The minimum Gasteiger partial charge on any atom is -0.381 e. The maximum Gasteiger partial charge on any atom is 0.267 e. The number of carbonyl (C=O) groups is 1. The highest BCUT2D eigenvalue weighted by Crippen LogP contribution is 2.21. The predicted octanol–water partition coefficient (Wildman–Crippen LogP) is 0.430. The van der Waals surface area contributed by atoms with E-state index in [0.717, 1.165) is 30.7 Å². The Morgan fingerprint density at radius 3 is 2.95 bits per heavy atom. The molecule has 3 heterocycles. The van der Waals surface area contributed by atoms with Crippen molar-refractivity contribution in [3.05, 3.63) is 41.1 Å². The SMILES string of the molecule is O=C(Cn1ncccc1=O)Nc1cnn(C2CCOCC2)c1. The zero-order valence-electron chi connectivity index (χ0n) is 12.0. The van der Waals surface area contributed by atoms with Gasteiger partial charge in [0, 0.05) is 31.7 Å². The molecule has 0 radical (unpaired) electrons. The van der Waals surface area contributed by atoms with Crippen LogP contribution >= 0.6 is 0 Å². The van der Waals surface area contributed by atoms with Crippen LogP contribution in [0.1, 0.15) is 18.9 Å². The molecule has 1 saturated heterocycles. The molecule has 1 aliphatic rings. The molecule has 116 valence electrons. The molecule has 0 spiro atoms. The van der Waals surface area contributed by atoms with E-state index in [1.54, 1.807) is 12.4 Å². The van der Waals surface area contributed by atoms with Crippen LogP contribution in [0.25, 0.3) is 0 Å². The lowest BCUT2D eigenvalue weighted by molar-refractivity contribution is -0.117. The third-order valence-electron chi connectivity index (χ3n) is 3.53. The van der Waals surface area contributed by atoms with Crippen LogP contribution in [-0.4, -0.2) is 38.7 Å². The van der Waals surface area contributed by atoms with Crippen LogP contribution in [0.15, 0.2) is 35.5 Å². The number of rotatable bonds is 4. The van der Waals surface area contributed by atoms with Crippen molar-refractivity contribution >= 4 is 11.6 Å². The van der Waals surface area contributed by atoms with Crippen molar-refractivity contribution in [1.29, 1.82) is 0 Å². The molecule has 8 heteroatoms. The van der Waals surface area contributed by atoms with Crippen molar-refractivity contribution in [2.45, 2.75) is 25.4 Å². The van der Waals surface area contributed by atoms with E-state index in [1.165, 1.54) is 18.3 Å². The second kappa shape index (κ2) is 6.52. The molecule has 8 nitrogen and oxygen atoms in total. The lowest BCUT2D eigenvalue weighted by Gasteiger charge is -2.22. The standard InChI is InChI=1S/C14H17N5O3/c20-13(10-19-14(21)2-1-5-15-19)17-11-8-16-18(9-11)12-3-6-22-7-4-12/h1-2,5,8-9,12H,3-4,6-7,10H2,(H,17,20). The summed E-state index contributed by atoms with van der Waals surface area (Å²) >= 11 is 0. The first-order valence-corrected chi connectivity index (χ1v) is 7.16. The number of hydrogen-bond acceptors (Lipinski definition) is 5. The summed E-state index contributed by atoms with van der Waals surface area (Å²) in [6, 6.07) is 3.20. The summed E-state index contributed by atoms with van der Waals surface area (Å²) in [4.78, 5) is 23.5. The molecule has 1 fully saturated rings. The Kier molecular flexibility index (Phi) is 4.29. The summed E-state index contributed by atoms with van der Waals surface area (Å²) in [5.41, 5.74) is 0.302. The van der Waals surface area contributed by atoms with Gasteiger partial charge in [0.1, 0.15) is 6.54 Å². The number of nitrogens with one attached hydrogen (secondary N) is 1. The molecule has 22 heavy (non-hydrogen) atoms. The van der Waals surface area contributed by atoms with Crippen molar-refractivity contribution in [1.82, 2.24) is 19.6 Å². The van der Waals surface area contributed by atoms with Crippen LogP contribution in [0.3, 0.4) is 0 Å². The number of carbonyl (C=O) groups excluding carboxylic acids is 1. The number of anilines is 1. The van der Waals surface area contributed by atoms with Crippen LogP contribution in [0.5, 0.6) is 0 Å². The molecule has 2 aromatic rings. The fraction of sp³-hybridized carbons (Fsp3) is 0.429. The predicted molar refractivity (Wildman–Crippen MR) is 78.4 cm³/mol. The number of aromatic nitrogens is 4. The maximum atomic E-state index is 12.0. The summed E-state index contributed by atoms with van der Waals surface area (Å²) in [7, 11) is 0. The summed E-state index contributed by atoms with van der Waals surface area (Å²) in [5, 5.41) is 10.9. The molecule has 1 amide bonds. The van der Waals surface area contributed by atoms with Crippen LogP contribution in [0.4, 0.5) is 5.69 Å². The Bertz CT molecular complexity index is 702. The van der Waals surface area contributed by atoms with Gasteiger partial charge in [0.05, 0.1) is 17.9 Å². The van der Waals surface area contributed by atoms with Gasteiger partial charge in [-0.2, -0.15) is 10.2 Å². The molecule has 0 atom stereocenters. The minimum atomic E-state index is -0.313. The molecule has 0 bridgehead atoms. The smallest absolute Gasteiger partial charge is 0.267 e. The molecular formula is C14H17N5O3. The Labute approximate surface area is 126 Å². The van der Waals surface area contributed by atoms with E-state index in [4.69, 9.17) is 4.74 Å². The highest BCUT2D eigenvalue weighted by Gasteiger charge is 2.17. The molecule has 1 N–H and O–H groups in total. The van der Waals surface area contributed by atoms with E-state index >= 15 is 0 Å². The van der Waals surface area contributed by atoms with Crippen LogP contribution < -0.4 is 10.9 Å². The van der Waals surface area contributed by atoms with Crippen molar-refractivity contribution in [2.24, 2.45) is 0 Å². The van der Waals surface area contributed by atoms with Crippen LogP contribution in [0, 0.1) is 0 Å². The number of nitrogens with zero attached hydrogens (tertiary/aromatic N) is 4. The first-order chi connectivity index (χ1) is 10.7. The first-order valence-electron chi connectivity index (χ1n) is 7.16. The van der Waals surface area contributed by atoms with Gasteiger partial charge in [0.2, 0.25) is 5.91 Å².